The molecule has 0 radical (unpaired) electrons. The van der Waals surface area contributed by atoms with E-state index in [-0.39, 0.29) is 42.7 Å². The summed E-state index contributed by atoms with van der Waals surface area (Å²) in [6.45, 7) is 7.12. The second-order valence-electron chi connectivity index (χ2n) is 11.1. The van der Waals surface area contributed by atoms with Crippen LogP contribution in [-0.4, -0.2) is 89.5 Å². The largest absolute Gasteiger partial charge is 0.447 e. The number of amides is 3. The van der Waals surface area contributed by atoms with Crippen LogP contribution < -0.4 is 5.32 Å². The maximum Gasteiger partial charge on any atom is 0.412 e. The monoisotopic (exact) mass is 611 g/mol. The highest BCUT2D eigenvalue weighted by atomic mass is 35.5. The van der Waals surface area contributed by atoms with Gasteiger partial charge in [0.25, 0.3) is 0 Å². The summed E-state index contributed by atoms with van der Waals surface area (Å²) in [5.41, 5.74) is 0.536. The molecule has 1 aliphatic rings. The van der Waals surface area contributed by atoms with Crippen LogP contribution in [0.1, 0.15) is 38.7 Å². The van der Waals surface area contributed by atoms with E-state index in [1.165, 1.54) is 11.0 Å². The number of hydrogen-bond acceptors (Lipinski definition) is 6. The number of nitrogens with one attached hydrogen (secondary N) is 1. The van der Waals surface area contributed by atoms with E-state index in [9.17, 15) is 18.8 Å². The Hall–Kier alpha value is -3.76. The normalized spacial score (nSPS) is 14.5. The number of rotatable bonds is 11. The molecule has 1 fully saturated rings. The molecule has 11 heteroatoms. The summed E-state index contributed by atoms with van der Waals surface area (Å²) in [4.78, 5) is 48.9. The number of aromatic nitrogens is 1. The number of aryl methyl sites for hydroxylation is 1. The van der Waals surface area contributed by atoms with Crippen LogP contribution in [0.4, 0.5) is 15.0 Å². The van der Waals surface area contributed by atoms with Gasteiger partial charge in [0, 0.05) is 63.7 Å². The molecule has 230 valence electrons. The van der Waals surface area contributed by atoms with Crippen molar-refractivity contribution in [1.29, 1.82) is 0 Å². The van der Waals surface area contributed by atoms with E-state index in [0.29, 0.717) is 36.9 Å². The number of pyridine rings is 1. The lowest BCUT2D eigenvalue weighted by Gasteiger charge is -2.37. The fraction of sp³-hybridized carbons (Fsp3) is 0.438. The van der Waals surface area contributed by atoms with Gasteiger partial charge in [0.05, 0.1) is 11.1 Å². The Balaban J connectivity index is 1.37. The molecule has 3 aromatic rings. The molecule has 1 saturated heterocycles. The summed E-state index contributed by atoms with van der Waals surface area (Å²) in [6.07, 6.45) is 1.80. The average molecular weight is 612 g/mol. The van der Waals surface area contributed by atoms with Gasteiger partial charge in [-0.3, -0.25) is 19.8 Å². The van der Waals surface area contributed by atoms with Gasteiger partial charge in [0.2, 0.25) is 11.8 Å². The van der Waals surface area contributed by atoms with Gasteiger partial charge >= 0.3 is 6.09 Å². The fourth-order valence-corrected chi connectivity index (χ4v) is 5.37. The minimum absolute atomic E-state index is 0.0000295. The first-order valence-corrected chi connectivity index (χ1v) is 15.0. The number of piperazine rings is 1. The first-order valence-electron chi connectivity index (χ1n) is 14.6. The van der Waals surface area contributed by atoms with E-state index in [4.69, 9.17) is 16.3 Å². The predicted octanol–water partition coefficient (Wildman–Crippen LogP) is 5.37. The van der Waals surface area contributed by atoms with Crippen molar-refractivity contribution >= 4 is 46.1 Å². The van der Waals surface area contributed by atoms with Crippen molar-refractivity contribution in [3.8, 4) is 0 Å². The Bertz CT molecular complexity index is 1430. The number of anilines is 1. The summed E-state index contributed by atoms with van der Waals surface area (Å²) in [5.74, 6) is -0.424. The molecule has 2 heterocycles. The lowest BCUT2D eigenvalue weighted by Crippen LogP contribution is -2.51. The van der Waals surface area contributed by atoms with Crippen molar-refractivity contribution < 1.29 is 23.5 Å². The fourth-order valence-electron chi connectivity index (χ4n) is 5.15. The lowest BCUT2D eigenvalue weighted by molar-refractivity contribution is -0.136. The minimum Gasteiger partial charge on any atom is -0.447 e. The number of fused-ring (bicyclic) bond motifs is 1. The quantitative estimate of drug-likeness (QED) is 0.313. The van der Waals surface area contributed by atoms with Gasteiger partial charge < -0.3 is 14.5 Å². The van der Waals surface area contributed by atoms with Crippen LogP contribution in [0.3, 0.4) is 0 Å². The third kappa shape index (κ3) is 8.87. The van der Waals surface area contributed by atoms with Crippen molar-refractivity contribution in [3.63, 3.8) is 0 Å². The minimum atomic E-state index is -0.712. The number of ether oxygens (including phenoxy) is 1. The van der Waals surface area contributed by atoms with Crippen LogP contribution in [0.2, 0.25) is 5.02 Å². The van der Waals surface area contributed by atoms with Crippen molar-refractivity contribution in [3.05, 3.63) is 71.1 Å². The Kier molecular flexibility index (Phi) is 11.3. The highest BCUT2D eigenvalue weighted by Crippen LogP contribution is 2.22. The number of carbonyl (C=O) groups excluding carboxylic acids is 3. The molecular weight excluding hydrogens is 573 g/mol. The zero-order valence-electron chi connectivity index (χ0n) is 24.9. The van der Waals surface area contributed by atoms with Crippen molar-refractivity contribution in [1.82, 2.24) is 19.7 Å². The molecule has 0 unspecified atom stereocenters. The van der Waals surface area contributed by atoms with Crippen LogP contribution in [0, 0.1) is 5.82 Å². The number of benzene rings is 2. The first-order chi connectivity index (χ1) is 20.6. The zero-order valence-corrected chi connectivity index (χ0v) is 25.6. The molecule has 1 atom stereocenters. The van der Waals surface area contributed by atoms with Gasteiger partial charge in [0.15, 0.2) is 0 Å². The molecule has 0 bridgehead atoms. The number of likely N-dealkylation sites (N-methyl/N-ethyl adjacent to an activating group) is 1. The third-order valence-corrected chi connectivity index (χ3v) is 8.36. The molecule has 9 nitrogen and oxygen atoms in total. The first kappa shape index (κ1) is 32.2. The number of nitrogens with zero attached hydrogens (tertiary/aromatic N) is 4. The van der Waals surface area contributed by atoms with Crippen LogP contribution >= 0.6 is 11.6 Å². The number of halogens is 2. The van der Waals surface area contributed by atoms with E-state index in [1.54, 1.807) is 31.4 Å². The van der Waals surface area contributed by atoms with E-state index < -0.39 is 18.0 Å². The molecule has 1 aliphatic heterocycles. The Morgan fingerprint density at radius 3 is 2.49 bits per heavy atom. The average Bonchev–Trinajstić information content (AvgIpc) is 3.01. The molecule has 1 N–H and O–H groups in total. The Morgan fingerprint density at radius 2 is 1.77 bits per heavy atom. The van der Waals surface area contributed by atoms with Crippen molar-refractivity contribution in [2.75, 3.05) is 45.2 Å². The summed E-state index contributed by atoms with van der Waals surface area (Å²) in [7, 11) is 1.62. The molecule has 0 saturated carbocycles. The van der Waals surface area contributed by atoms with Crippen molar-refractivity contribution in [2.45, 2.75) is 51.6 Å². The van der Waals surface area contributed by atoms with Gasteiger partial charge in [-0.15, -0.1) is 0 Å². The summed E-state index contributed by atoms with van der Waals surface area (Å²) >= 11 is 6.07. The third-order valence-electron chi connectivity index (χ3n) is 7.94. The van der Waals surface area contributed by atoms with Crippen molar-refractivity contribution in [2.24, 2.45) is 0 Å². The zero-order chi connectivity index (χ0) is 30.9. The predicted molar refractivity (Wildman–Crippen MR) is 166 cm³/mol. The molecule has 0 aliphatic carbocycles. The highest BCUT2D eigenvalue weighted by molar-refractivity contribution is 6.31. The standard InChI is InChI=1S/C32H39ClFN5O4/c1-22(2)38-15-17-39(18-16-38)30(41)14-12-26(37(3)29(40)13-11-23-9-6-10-27(34)31(23)33)21-43-32(42)36-28-19-24-7-4-5-8-25(24)20-35-28/h4-10,19-20,22,26H,11-18,21H2,1-3H3,(H,35,36,42)/t26-/m0/s1. The van der Waals surface area contributed by atoms with E-state index in [1.807, 2.05) is 29.2 Å². The van der Waals surface area contributed by atoms with Gasteiger partial charge in [-0.05, 0) is 49.8 Å². The molecule has 1 aromatic heterocycles. The summed E-state index contributed by atoms with van der Waals surface area (Å²) < 4.78 is 19.4. The smallest absolute Gasteiger partial charge is 0.412 e. The molecule has 0 spiro atoms. The maximum absolute atomic E-state index is 13.9. The number of hydrogen-bond donors (Lipinski definition) is 1. The summed E-state index contributed by atoms with van der Waals surface area (Å²) in [5, 5.41) is 4.50. The van der Waals surface area contributed by atoms with E-state index in [0.717, 1.165) is 23.9 Å². The highest BCUT2D eigenvalue weighted by Gasteiger charge is 2.26. The lowest BCUT2D eigenvalue weighted by atomic mass is 10.1. The van der Waals surface area contributed by atoms with Crippen LogP contribution in [0.25, 0.3) is 10.8 Å². The molecule has 3 amide bonds. The van der Waals surface area contributed by atoms with Crippen LogP contribution in [-0.2, 0) is 20.7 Å². The van der Waals surface area contributed by atoms with Gasteiger partial charge in [-0.25, -0.2) is 14.2 Å². The Morgan fingerprint density at radius 1 is 1.05 bits per heavy atom. The van der Waals surface area contributed by atoms with E-state index in [2.05, 4.69) is 29.0 Å². The molecule has 4 rings (SSSR count). The second kappa shape index (κ2) is 15.1. The van der Waals surface area contributed by atoms with Gasteiger partial charge in [-0.1, -0.05) is 48.0 Å². The maximum atomic E-state index is 13.9. The Labute approximate surface area is 256 Å². The van der Waals surface area contributed by atoms with Crippen LogP contribution in [0.15, 0.2) is 54.7 Å². The SMILES string of the molecule is CC(C)N1CCN(C(=O)CC[C@@H](COC(=O)Nc2cc3ccccc3cn2)N(C)C(=O)CCc2cccc(F)c2Cl)CC1. The van der Waals surface area contributed by atoms with Gasteiger partial charge in [0.1, 0.15) is 18.2 Å². The summed E-state index contributed by atoms with van der Waals surface area (Å²) in [6, 6.07) is 13.8. The molecular formula is C32H39ClFN5O4. The molecule has 2 aromatic carbocycles. The topological polar surface area (TPSA) is 95.1 Å². The van der Waals surface area contributed by atoms with Crippen LogP contribution in [0.5, 0.6) is 0 Å². The van der Waals surface area contributed by atoms with Gasteiger partial charge in [-0.2, -0.15) is 0 Å². The second-order valence-corrected chi connectivity index (χ2v) is 11.4. The molecule has 43 heavy (non-hydrogen) atoms. The number of carbonyl (C=O) groups is 3. The van der Waals surface area contributed by atoms with E-state index >= 15 is 0 Å².